The van der Waals surface area contributed by atoms with E-state index in [2.05, 4.69) is 0 Å². The number of hydrogen-bond donors (Lipinski definition) is 1. The van der Waals surface area contributed by atoms with Crippen LogP contribution in [0.15, 0.2) is 24.3 Å². The summed E-state index contributed by atoms with van der Waals surface area (Å²) in [6, 6.07) is 8.76. The largest absolute Gasteiger partial charge is 0.491 e. The first kappa shape index (κ1) is 12.8. The highest BCUT2D eigenvalue weighted by Gasteiger charge is 2.20. The Bertz CT molecular complexity index is 375. The summed E-state index contributed by atoms with van der Waals surface area (Å²) in [7, 11) is -0.924. The van der Waals surface area contributed by atoms with Gasteiger partial charge in [-0.15, -0.1) is 0 Å². The van der Waals surface area contributed by atoms with Gasteiger partial charge >= 0.3 is 7.12 Å². The molecule has 0 fully saturated rings. The molecular weight excluding hydrogens is 201 g/mol. The summed E-state index contributed by atoms with van der Waals surface area (Å²) < 4.78 is 5.34. The third-order valence-electron chi connectivity index (χ3n) is 2.00. The summed E-state index contributed by atoms with van der Waals surface area (Å²) >= 11 is 0. The summed E-state index contributed by atoms with van der Waals surface area (Å²) in [6.07, 6.45) is 0. The molecular formula is C12H16BNO2. The molecule has 3 nitrogen and oxygen atoms in total. The molecule has 0 unspecified atom stereocenters. The van der Waals surface area contributed by atoms with Gasteiger partial charge in [0.1, 0.15) is 0 Å². The average molecular weight is 217 g/mol. The van der Waals surface area contributed by atoms with Crippen molar-refractivity contribution in [3.63, 3.8) is 0 Å². The molecule has 0 aromatic heterocycles. The Morgan fingerprint density at radius 1 is 1.31 bits per heavy atom. The summed E-state index contributed by atoms with van der Waals surface area (Å²) in [5.41, 5.74) is 1.27. The van der Waals surface area contributed by atoms with Crippen LogP contribution in [0.3, 0.4) is 0 Å². The Labute approximate surface area is 96.8 Å². The van der Waals surface area contributed by atoms with Crippen LogP contribution in [-0.4, -0.2) is 18.7 Å². The molecule has 1 aromatic rings. The van der Waals surface area contributed by atoms with E-state index in [1.807, 2.05) is 26.8 Å². The highest BCUT2D eigenvalue weighted by Crippen LogP contribution is 2.13. The fraction of sp³-hybridized carbons (Fsp3) is 0.417. The lowest BCUT2D eigenvalue weighted by Crippen LogP contribution is -2.36. The maximum Gasteiger partial charge on any atom is 0.491 e. The third-order valence-corrected chi connectivity index (χ3v) is 2.00. The minimum Gasteiger partial charge on any atom is -0.423 e. The van der Waals surface area contributed by atoms with E-state index < -0.39 is 7.12 Å². The van der Waals surface area contributed by atoms with Crippen LogP contribution in [0.5, 0.6) is 0 Å². The smallest absolute Gasteiger partial charge is 0.423 e. The lowest BCUT2D eigenvalue weighted by molar-refractivity contribution is 0.174. The minimum atomic E-state index is -0.924. The fourth-order valence-electron chi connectivity index (χ4n) is 1.15. The molecule has 84 valence electrons. The predicted octanol–water partition coefficient (Wildman–Crippen LogP) is 1.31. The summed E-state index contributed by atoms with van der Waals surface area (Å²) in [6.45, 7) is 6.60. The van der Waals surface area contributed by atoms with Crippen LogP contribution in [0.4, 0.5) is 0 Å². The number of nitrogens with zero attached hydrogens (tertiary/aromatic N) is 1. The van der Waals surface area contributed by atoms with Gasteiger partial charge in [-0.05, 0) is 23.0 Å². The second-order valence-electron chi connectivity index (χ2n) is 4.96. The monoisotopic (exact) mass is 217 g/mol. The standard InChI is InChI=1S/C12H16BNO2/c1-12(2,3)9-16-13(15)11-6-4-10(8-14)5-7-11/h4-7,15H,9H2,1-3H3. The Morgan fingerprint density at radius 3 is 2.31 bits per heavy atom. The molecule has 16 heavy (non-hydrogen) atoms. The second-order valence-corrected chi connectivity index (χ2v) is 4.96. The first-order chi connectivity index (χ1) is 7.42. The highest BCUT2D eigenvalue weighted by molar-refractivity contribution is 6.59. The molecule has 0 bridgehead atoms. The van der Waals surface area contributed by atoms with Crippen LogP contribution < -0.4 is 5.46 Å². The highest BCUT2D eigenvalue weighted by atomic mass is 16.5. The van der Waals surface area contributed by atoms with Crippen molar-refractivity contribution in [2.75, 3.05) is 6.61 Å². The zero-order valence-corrected chi connectivity index (χ0v) is 9.90. The predicted molar refractivity (Wildman–Crippen MR) is 64.2 cm³/mol. The molecule has 0 aliphatic carbocycles. The van der Waals surface area contributed by atoms with Crippen molar-refractivity contribution >= 4 is 12.6 Å². The van der Waals surface area contributed by atoms with Crippen molar-refractivity contribution < 1.29 is 9.68 Å². The zero-order valence-electron chi connectivity index (χ0n) is 9.90. The van der Waals surface area contributed by atoms with Crippen LogP contribution in [0, 0.1) is 16.7 Å². The molecule has 1 rings (SSSR count). The van der Waals surface area contributed by atoms with E-state index in [4.69, 9.17) is 9.92 Å². The van der Waals surface area contributed by atoms with E-state index in [-0.39, 0.29) is 5.41 Å². The lowest BCUT2D eigenvalue weighted by Gasteiger charge is -2.19. The van der Waals surface area contributed by atoms with Gasteiger partial charge in [-0.1, -0.05) is 32.9 Å². The fourth-order valence-corrected chi connectivity index (χ4v) is 1.15. The maximum atomic E-state index is 9.74. The van der Waals surface area contributed by atoms with Crippen molar-refractivity contribution in [3.8, 4) is 6.07 Å². The van der Waals surface area contributed by atoms with Crippen molar-refractivity contribution in [3.05, 3.63) is 29.8 Å². The van der Waals surface area contributed by atoms with Gasteiger partial charge in [-0.25, -0.2) is 0 Å². The molecule has 0 atom stereocenters. The van der Waals surface area contributed by atoms with E-state index in [0.717, 1.165) is 0 Å². The van der Waals surface area contributed by atoms with Crippen LogP contribution in [-0.2, 0) is 4.65 Å². The second kappa shape index (κ2) is 5.15. The number of rotatable bonds is 3. The first-order valence-corrected chi connectivity index (χ1v) is 5.22. The SMILES string of the molecule is CC(C)(C)COB(O)c1ccc(C#N)cc1. The molecule has 0 aliphatic rings. The number of benzene rings is 1. The Hall–Kier alpha value is -1.31. The third kappa shape index (κ3) is 4.05. The molecule has 0 aliphatic heterocycles. The van der Waals surface area contributed by atoms with Gasteiger partial charge in [0.15, 0.2) is 0 Å². The number of hydrogen-bond acceptors (Lipinski definition) is 3. The van der Waals surface area contributed by atoms with E-state index in [0.29, 0.717) is 17.6 Å². The van der Waals surface area contributed by atoms with Crippen LogP contribution in [0.2, 0.25) is 0 Å². The molecule has 1 aromatic carbocycles. The van der Waals surface area contributed by atoms with E-state index in [9.17, 15) is 5.02 Å². The van der Waals surface area contributed by atoms with E-state index in [1.54, 1.807) is 24.3 Å². The van der Waals surface area contributed by atoms with Gasteiger partial charge in [0, 0.05) is 6.61 Å². The van der Waals surface area contributed by atoms with Crippen LogP contribution in [0.25, 0.3) is 0 Å². The normalized spacial score (nSPS) is 10.9. The van der Waals surface area contributed by atoms with Gasteiger partial charge in [-0.3, -0.25) is 0 Å². The molecule has 0 amide bonds. The lowest BCUT2D eigenvalue weighted by atomic mass is 9.79. The zero-order chi connectivity index (χ0) is 12.2. The van der Waals surface area contributed by atoms with Crippen LogP contribution in [0.1, 0.15) is 26.3 Å². The van der Waals surface area contributed by atoms with Crippen molar-refractivity contribution in [1.82, 2.24) is 0 Å². The molecule has 1 N–H and O–H groups in total. The Kier molecular flexibility index (Phi) is 4.11. The van der Waals surface area contributed by atoms with Crippen LogP contribution >= 0.6 is 0 Å². The average Bonchev–Trinajstić information content (AvgIpc) is 2.25. The summed E-state index contributed by atoms with van der Waals surface area (Å²) in [4.78, 5) is 0. The molecule has 4 heteroatoms. The topological polar surface area (TPSA) is 53.2 Å². The van der Waals surface area contributed by atoms with Gasteiger partial charge < -0.3 is 9.68 Å². The first-order valence-electron chi connectivity index (χ1n) is 5.22. The van der Waals surface area contributed by atoms with Gasteiger partial charge in [-0.2, -0.15) is 5.26 Å². The summed E-state index contributed by atoms with van der Waals surface area (Å²) in [5.74, 6) is 0. The Morgan fingerprint density at radius 2 is 1.88 bits per heavy atom. The molecule has 0 spiro atoms. The maximum absolute atomic E-state index is 9.74. The molecule has 0 saturated carbocycles. The quantitative estimate of drug-likeness (QED) is 0.776. The molecule has 0 radical (unpaired) electrons. The molecule has 0 saturated heterocycles. The van der Waals surface area contributed by atoms with E-state index in [1.165, 1.54) is 0 Å². The van der Waals surface area contributed by atoms with Crippen molar-refractivity contribution in [2.45, 2.75) is 20.8 Å². The summed E-state index contributed by atoms with van der Waals surface area (Å²) in [5, 5.41) is 18.4. The van der Waals surface area contributed by atoms with Crippen molar-refractivity contribution in [2.24, 2.45) is 5.41 Å². The number of nitriles is 1. The van der Waals surface area contributed by atoms with Gasteiger partial charge in [0.2, 0.25) is 0 Å². The van der Waals surface area contributed by atoms with Crippen molar-refractivity contribution in [1.29, 1.82) is 5.26 Å². The Balaban J connectivity index is 2.60. The van der Waals surface area contributed by atoms with Gasteiger partial charge in [0.05, 0.1) is 11.6 Å². The molecule has 0 heterocycles. The minimum absolute atomic E-state index is 0.0214. The van der Waals surface area contributed by atoms with Gasteiger partial charge in [0.25, 0.3) is 0 Å². The van der Waals surface area contributed by atoms with E-state index >= 15 is 0 Å².